The van der Waals surface area contributed by atoms with Gasteiger partial charge < -0.3 is 5.32 Å². The van der Waals surface area contributed by atoms with Crippen LogP contribution in [-0.2, 0) is 17.5 Å². The highest BCUT2D eigenvalue weighted by molar-refractivity contribution is 6.31. The minimum absolute atomic E-state index is 0.0636. The molecule has 9 heteroatoms. The number of hydrogen-bond acceptors (Lipinski definition) is 2. The maximum absolute atomic E-state index is 14.1. The molecule has 0 radical (unpaired) electrons. The summed E-state index contributed by atoms with van der Waals surface area (Å²) in [6.45, 7) is -0.0917. The van der Waals surface area contributed by atoms with E-state index in [9.17, 15) is 22.4 Å². The zero-order valence-corrected chi connectivity index (χ0v) is 16.0. The molecule has 0 spiro atoms. The second-order valence-corrected chi connectivity index (χ2v) is 7.42. The molecule has 3 nitrogen and oxygen atoms in total. The number of alkyl halides is 3. The van der Waals surface area contributed by atoms with Crippen molar-refractivity contribution in [1.82, 2.24) is 4.90 Å². The standard InChI is InChI=1S/C19H16Cl2F4N2O/c20-11-4-7-17(14(8-11)19(23,24)25)26-18(28)10-27(12-5-6-12)9-13-15(21)2-1-3-16(13)22/h1-4,7-8,12H,5-6,9-10H2,(H,26,28). The van der Waals surface area contributed by atoms with Crippen LogP contribution in [0.2, 0.25) is 10.0 Å². The van der Waals surface area contributed by atoms with Crippen molar-refractivity contribution in [2.24, 2.45) is 0 Å². The van der Waals surface area contributed by atoms with Crippen LogP contribution in [-0.4, -0.2) is 23.4 Å². The molecule has 1 fully saturated rings. The van der Waals surface area contributed by atoms with E-state index in [4.69, 9.17) is 23.2 Å². The normalized spacial score (nSPS) is 14.4. The first kappa shape index (κ1) is 20.9. The van der Waals surface area contributed by atoms with Crippen molar-refractivity contribution in [3.63, 3.8) is 0 Å². The SMILES string of the molecule is O=C(CN(Cc1c(F)cccc1Cl)C1CC1)Nc1ccc(Cl)cc1C(F)(F)F. The minimum Gasteiger partial charge on any atom is -0.324 e. The Bertz CT molecular complexity index is 864. The zero-order chi connectivity index (χ0) is 20.5. The Hall–Kier alpha value is -1.83. The average molecular weight is 435 g/mol. The van der Waals surface area contributed by atoms with Gasteiger partial charge in [0.2, 0.25) is 5.91 Å². The van der Waals surface area contributed by atoms with E-state index in [-0.39, 0.29) is 40.4 Å². The third-order valence-electron chi connectivity index (χ3n) is 4.39. The van der Waals surface area contributed by atoms with Crippen LogP contribution in [0, 0.1) is 5.82 Å². The molecule has 0 bridgehead atoms. The van der Waals surface area contributed by atoms with Crippen molar-refractivity contribution in [2.75, 3.05) is 11.9 Å². The Morgan fingerprint density at radius 3 is 2.50 bits per heavy atom. The van der Waals surface area contributed by atoms with Crippen LogP contribution in [0.4, 0.5) is 23.2 Å². The molecule has 1 saturated carbocycles. The van der Waals surface area contributed by atoms with E-state index < -0.39 is 23.5 Å². The van der Waals surface area contributed by atoms with Crippen LogP contribution in [0.1, 0.15) is 24.0 Å². The van der Waals surface area contributed by atoms with Crippen molar-refractivity contribution >= 4 is 34.8 Å². The highest BCUT2D eigenvalue weighted by Gasteiger charge is 2.35. The lowest BCUT2D eigenvalue weighted by atomic mass is 10.1. The lowest BCUT2D eigenvalue weighted by Gasteiger charge is -2.23. The van der Waals surface area contributed by atoms with Gasteiger partial charge in [0.15, 0.2) is 0 Å². The quantitative estimate of drug-likeness (QED) is 0.586. The first-order valence-electron chi connectivity index (χ1n) is 8.48. The van der Waals surface area contributed by atoms with Gasteiger partial charge in [0, 0.05) is 28.2 Å². The molecular formula is C19H16Cl2F4N2O. The third kappa shape index (κ3) is 5.16. The average Bonchev–Trinajstić information content (AvgIpc) is 3.43. The van der Waals surface area contributed by atoms with E-state index in [1.54, 1.807) is 11.0 Å². The Morgan fingerprint density at radius 1 is 1.18 bits per heavy atom. The van der Waals surface area contributed by atoms with Gasteiger partial charge in [0.25, 0.3) is 0 Å². The lowest BCUT2D eigenvalue weighted by molar-refractivity contribution is -0.137. The summed E-state index contributed by atoms with van der Waals surface area (Å²) in [7, 11) is 0. The summed E-state index contributed by atoms with van der Waals surface area (Å²) in [4.78, 5) is 14.1. The minimum atomic E-state index is -4.66. The Morgan fingerprint density at radius 2 is 1.89 bits per heavy atom. The van der Waals surface area contributed by atoms with E-state index in [1.165, 1.54) is 18.2 Å². The summed E-state index contributed by atoms with van der Waals surface area (Å²) in [6.07, 6.45) is -3.01. The Balaban J connectivity index is 1.74. The second kappa shape index (κ2) is 8.27. The summed E-state index contributed by atoms with van der Waals surface area (Å²) in [5.41, 5.74) is -1.14. The predicted octanol–water partition coefficient (Wildman–Crippen LogP) is 5.75. The van der Waals surface area contributed by atoms with Gasteiger partial charge in [0.05, 0.1) is 17.8 Å². The monoisotopic (exact) mass is 434 g/mol. The molecule has 0 atom stereocenters. The molecule has 2 aromatic rings. The smallest absolute Gasteiger partial charge is 0.324 e. The highest BCUT2D eigenvalue weighted by atomic mass is 35.5. The number of benzene rings is 2. The highest BCUT2D eigenvalue weighted by Crippen LogP contribution is 2.37. The molecule has 0 aromatic heterocycles. The summed E-state index contributed by atoms with van der Waals surface area (Å²) in [5, 5.41) is 2.44. The largest absolute Gasteiger partial charge is 0.418 e. The number of amides is 1. The van der Waals surface area contributed by atoms with Crippen LogP contribution in [0.15, 0.2) is 36.4 Å². The summed E-state index contributed by atoms with van der Waals surface area (Å²) < 4.78 is 53.6. The fourth-order valence-corrected chi connectivity index (χ4v) is 3.27. The number of halogens is 6. The van der Waals surface area contributed by atoms with Crippen molar-refractivity contribution in [2.45, 2.75) is 31.6 Å². The fraction of sp³-hybridized carbons (Fsp3) is 0.316. The van der Waals surface area contributed by atoms with Gasteiger partial charge in [-0.15, -0.1) is 0 Å². The lowest BCUT2D eigenvalue weighted by Crippen LogP contribution is -2.35. The van der Waals surface area contributed by atoms with E-state index in [0.717, 1.165) is 25.0 Å². The number of anilines is 1. The molecule has 1 aliphatic rings. The van der Waals surface area contributed by atoms with Gasteiger partial charge in [-0.25, -0.2) is 4.39 Å². The molecule has 28 heavy (non-hydrogen) atoms. The van der Waals surface area contributed by atoms with Crippen LogP contribution in [0.3, 0.4) is 0 Å². The summed E-state index contributed by atoms with van der Waals surface area (Å²) >= 11 is 11.7. The number of carbonyl (C=O) groups is 1. The van der Waals surface area contributed by atoms with E-state index in [2.05, 4.69) is 5.32 Å². The molecule has 150 valence electrons. The van der Waals surface area contributed by atoms with Crippen molar-refractivity contribution in [3.8, 4) is 0 Å². The molecule has 2 aromatic carbocycles. The van der Waals surface area contributed by atoms with Crippen molar-refractivity contribution < 1.29 is 22.4 Å². The van der Waals surface area contributed by atoms with Crippen LogP contribution in [0.25, 0.3) is 0 Å². The Labute approximate surface area is 169 Å². The molecule has 0 heterocycles. The molecule has 3 rings (SSSR count). The van der Waals surface area contributed by atoms with E-state index in [1.807, 2.05) is 0 Å². The maximum atomic E-state index is 14.1. The first-order chi connectivity index (χ1) is 13.1. The van der Waals surface area contributed by atoms with Crippen molar-refractivity contribution in [3.05, 3.63) is 63.4 Å². The molecule has 1 aliphatic carbocycles. The van der Waals surface area contributed by atoms with Gasteiger partial charge in [-0.3, -0.25) is 9.69 Å². The summed E-state index contributed by atoms with van der Waals surface area (Å²) in [5.74, 6) is -1.12. The maximum Gasteiger partial charge on any atom is 0.418 e. The number of carbonyl (C=O) groups excluding carboxylic acids is 1. The van der Waals surface area contributed by atoms with Crippen LogP contribution < -0.4 is 5.32 Å². The topological polar surface area (TPSA) is 32.3 Å². The number of nitrogens with zero attached hydrogens (tertiary/aromatic N) is 1. The van der Waals surface area contributed by atoms with Crippen LogP contribution in [0.5, 0.6) is 0 Å². The number of nitrogens with one attached hydrogen (secondary N) is 1. The second-order valence-electron chi connectivity index (χ2n) is 6.57. The third-order valence-corrected chi connectivity index (χ3v) is 4.98. The van der Waals surface area contributed by atoms with Gasteiger partial charge in [-0.05, 0) is 43.2 Å². The number of hydrogen-bond donors (Lipinski definition) is 1. The molecule has 1 amide bonds. The zero-order valence-electron chi connectivity index (χ0n) is 14.5. The van der Waals surface area contributed by atoms with Gasteiger partial charge >= 0.3 is 6.18 Å². The summed E-state index contributed by atoms with van der Waals surface area (Å²) in [6, 6.07) is 7.50. The van der Waals surface area contributed by atoms with E-state index in [0.29, 0.717) is 0 Å². The molecule has 0 aliphatic heterocycles. The van der Waals surface area contributed by atoms with Crippen molar-refractivity contribution in [1.29, 1.82) is 0 Å². The fourth-order valence-electron chi connectivity index (χ4n) is 2.87. The molecule has 0 unspecified atom stereocenters. The first-order valence-corrected chi connectivity index (χ1v) is 9.24. The molecule has 1 N–H and O–H groups in total. The number of rotatable bonds is 6. The van der Waals surface area contributed by atoms with Gasteiger partial charge in [0.1, 0.15) is 5.82 Å². The van der Waals surface area contributed by atoms with Gasteiger partial charge in [-0.1, -0.05) is 29.3 Å². The molecule has 0 saturated heterocycles. The van der Waals surface area contributed by atoms with E-state index >= 15 is 0 Å². The van der Waals surface area contributed by atoms with Gasteiger partial charge in [-0.2, -0.15) is 13.2 Å². The molecular weight excluding hydrogens is 419 g/mol. The predicted molar refractivity (Wildman–Crippen MR) is 99.9 cm³/mol. The van der Waals surface area contributed by atoms with Crippen LogP contribution >= 0.6 is 23.2 Å². The Kier molecular flexibility index (Phi) is 6.17.